The monoisotopic (exact) mass is 910 g/mol. The van der Waals surface area contributed by atoms with Crippen LogP contribution in [0.3, 0.4) is 0 Å². The zero-order valence-corrected chi connectivity index (χ0v) is 42.4. The molecule has 0 aromatic heterocycles. The van der Waals surface area contributed by atoms with Crippen LogP contribution in [0.25, 0.3) is 0 Å². The second kappa shape index (κ2) is 48.2. The summed E-state index contributed by atoms with van der Waals surface area (Å²) in [6.45, 7) is 4.33. The van der Waals surface area contributed by atoms with E-state index in [9.17, 15) is 19.0 Å². The number of carbonyl (C=O) groups excluding carboxylic acids is 2. The zero-order valence-electron chi connectivity index (χ0n) is 41.5. The van der Waals surface area contributed by atoms with Crippen molar-refractivity contribution in [2.75, 3.05) is 40.5 Å². The van der Waals surface area contributed by atoms with E-state index in [0.29, 0.717) is 13.0 Å². The van der Waals surface area contributed by atoms with E-state index in [1.807, 2.05) is 19.0 Å². The van der Waals surface area contributed by atoms with Crippen molar-refractivity contribution < 1.29 is 37.6 Å². The summed E-state index contributed by atoms with van der Waals surface area (Å²) in [4.78, 5) is 37.2. The molecule has 1 N–H and O–H groups in total. The Balaban J connectivity index is 4.16. The fourth-order valence-corrected chi connectivity index (χ4v) is 8.10. The number of allylic oxidation sites excluding steroid dienone is 6. The first kappa shape index (κ1) is 61.2. The van der Waals surface area contributed by atoms with Crippen molar-refractivity contribution in [3.63, 3.8) is 0 Å². The smallest absolute Gasteiger partial charge is 0.462 e. The SMILES string of the molecule is CCCCC/C=C\C/C=C\CCCCCCCCCCCC(=O)OCC(COP(=O)(O)OCCN(C)C)OC(=O)CCCCCCCCCCCCC/C=C\CCCCCCCC. The van der Waals surface area contributed by atoms with E-state index < -0.39 is 26.5 Å². The van der Waals surface area contributed by atoms with Crippen molar-refractivity contribution in [1.82, 2.24) is 4.90 Å². The van der Waals surface area contributed by atoms with Crippen LogP contribution >= 0.6 is 7.82 Å². The summed E-state index contributed by atoms with van der Waals surface area (Å²) >= 11 is 0. The van der Waals surface area contributed by atoms with Gasteiger partial charge in [0.1, 0.15) is 6.61 Å². The number of esters is 2. The topological polar surface area (TPSA) is 112 Å². The Kier molecular flexibility index (Phi) is 46.8. The van der Waals surface area contributed by atoms with Crippen LogP contribution in [0.5, 0.6) is 0 Å². The van der Waals surface area contributed by atoms with Gasteiger partial charge >= 0.3 is 19.8 Å². The molecule has 370 valence electrons. The minimum absolute atomic E-state index is 0.00722. The highest BCUT2D eigenvalue weighted by molar-refractivity contribution is 7.47. The number of unbranched alkanes of at least 4 members (excludes halogenated alkanes) is 29. The number of likely N-dealkylation sites (N-methyl/N-ethyl adjacent to an activating group) is 1. The van der Waals surface area contributed by atoms with Crippen molar-refractivity contribution in [2.24, 2.45) is 0 Å². The second-order valence-electron chi connectivity index (χ2n) is 18.0. The van der Waals surface area contributed by atoms with E-state index in [1.54, 1.807) is 0 Å². The first-order valence-electron chi connectivity index (χ1n) is 26.3. The minimum atomic E-state index is -4.37. The average Bonchev–Trinajstić information content (AvgIpc) is 3.25. The van der Waals surface area contributed by atoms with Gasteiger partial charge in [0.15, 0.2) is 6.10 Å². The standard InChI is InChI=1S/C53H100NO8P/c1-5-7-9-11-13-15-17-19-21-23-25-26-28-30-32-34-36-38-40-42-44-46-53(56)62-51(50-61-63(57,58)60-48-47-54(3)4)49-59-52(55)45-43-41-39-37-35-33-31-29-27-24-22-20-18-16-14-12-10-8-6-2/h14,16,19-22,51H,5-13,15,17-18,23-50H2,1-4H3,(H,57,58)/b16-14-,21-19-,22-20-. The maximum atomic E-state index is 12.7. The maximum Gasteiger partial charge on any atom is 0.472 e. The molecule has 0 aromatic rings. The predicted octanol–water partition coefficient (Wildman–Crippen LogP) is 15.9. The summed E-state index contributed by atoms with van der Waals surface area (Å²) in [6, 6.07) is 0. The van der Waals surface area contributed by atoms with Gasteiger partial charge in [-0.05, 0) is 84.7 Å². The molecule has 0 radical (unpaired) electrons. The lowest BCUT2D eigenvalue weighted by atomic mass is 10.0. The van der Waals surface area contributed by atoms with E-state index in [1.165, 1.54) is 173 Å². The number of carbonyl (C=O) groups is 2. The Hall–Kier alpha value is -1.77. The highest BCUT2D eigenvalue weighted by atomic mass is 31.2. The fourth-order valence-electron chi connectivity index (χ4n) is 7.36. The molecule has 0 aliphatic rings. The van der Waals surface area contributed by atoms with Gasteiger partial charge in [0.25, 0.3) is 0 Å². The van der Waals surface area contributed by atoms with Crippen molar-refractivity contribution in [1.29, 1.82) is 0 Å². The zero-order chi connectivity index (χ0) is 46.2. The summed E-state index contributed by atoms with van der Waals surface area (Å²) < 4.78 is 33.7. The number of hydrogen-bond acceptors (Lipinski definition) is 8. The Morgan fingerprint density at radius 2 is 0.857 bits per heavy atom. The van der Waals surface area contributed by atoms with Crippen LogP contribution in [-0.2, 0) is 32.7 Å². The van der Waals surface area contributed by atoms with E-state index >= 15 is 0 Å². The van der Waals surface area contributed by atoms with Crippen LogP contribution in [0, 0.1) is 0 Å². The Morgan fingerprint density at radius 3 is 1.30 bits per heavy atom. The fraction of sp³-hybridized carbons (Fsp3) is 0.849. The van der Waals surface area contributed by atoms with Gasteiger partial charge in [0, 0.05) is 19.4 Å². The van der Waals surface area contributed by atoms with Gasteiger partial charge in [-0.25, -0.2) is 4.57 Å². The van der Waals surface area contributed by atoms with Gasteiger partial charge in [-0.15, -0.1) is 0 Å². The van der Waals surface area contributed by atoms with Crippen LogP contribution in [0.2, 0.25) is 0 Å². The minimum Gasteiger partial charge on any atom is -0.462 e. The first-order valence-corrected chi connectivity index (χ1v) is 27.8. The number of nitrogens with zero attached hydrogens (tertiary/aromatic N) is 1. The molecule has 0 rings (SSSR count). The Morgan fingerprint density at radius 1 is 0.492 bits per heavy atom. The van der Waals surface area contributed by atoms with Gasteiger partial charge in [-0.2, -0.15) is 0 Å². The summed E-state index contributed by atoms with van der Waals surface area (Å²) in [7, 11) is -0.711. The third-order valence-corrected chi connectivity index (χ3v) is 12.4. The Bertz CT molecular complexity index is 1140. The molecule has 9 nitrogen and oxygen atoms in total. The lowest BCUT2D eigenvalue weighted by Gasteiger charge is -2.20. The number of rotatable bonds is 49. The third kappa shape index (κ3) is 49.5. The quantitative estimate of drug-likeness (QED) is 0.0276. The molecule has 2 atom stereocenters. The van der Waals surface area contributed by atoms with Crippen molar-refractivity contribution >= 4 is 19.8 Å². The molecular weight excluding hydrogens is 810 g/mol. The molecule has 0 saturated carbocycles. The normalized spacial score (nSPS) is 13.5. The van der Waals surface area contributed by atoms with Crippen LogP contribution in [0.1, 0.15) is 245 Å². The molecule has 0 aliphatic heterocycles. The number of ether oxygens (including phenoxy) is 2. The van der Waals surface area contributed by atoms with Crippen molar-refractivity contribution in [2.45, 2.75) is 251 Å². The third-order valence-electron chi connectivity index (χ3n) is 11.4. The lowest BCUT2D eigenvalue weighted by Crippen LogP contribution is -2.29. The van der Waals surface area contributed by atoms with E-state index in [2.05, 4.69) is 50.3 Å². The lowest BCUT2D eigenvalue weighted by molar-refractivity contribution is -0.161. The molecule has 0 bridgehead atoms. The number of phosphoric ester groups is 1. The predicted molar refractivity (Wildman–Crippen MR) is 266 cm³/mol. The largest absolute Gasteiger partial charge is 0.472 e. The molecule has 0 aliphatic carbocycles. The molecular formula is C53H100NO8P. The molecule has 0 saturated heterocycles. The second-order valence-corrected chi connectivity index (χ2v) is 19.5. The van der Waals surface area contributed by atoms with Gasteiger partial charge < -0.3 is 19.3 Å². The molecule has 10 heteroatoms. The molecule has 0 fully saturated rings. The summed E-state index contributed by atoms with van der Waals surface area (Å²) in [5, 5.41) is 0. The first-order chi connectivity index (χ1) is 30.7. The van der Waals surface area contributed by atoms with Gasteiger partial charge in [0.2, 0.25) is 0 Å². The van der Waals surface area contributed by atoms with E-state index in [0.717, 1.165) is 38.5 Å². The highest BCUT2D eigenvalue weighted by Gasteiger charge is 2.26. The molecule has 63 heavy (non-hydrogen) atoms. The van der Waals surface area contributed by atoms with Crippen LogP contribution in [-0.4, -0.2) is 68.3 Å². The molecule has 0 spiro atoms. The van der Waals surface area contributed by atoms with Crippen molar-refractivity contribution in [3.8, 4) is 0 Å². The molecule has 0 heterocycles. The van der Waals surface area contributed by atoms with Gasteiger partial charge in [-0.3, -0.25) is 18.6 Å². The van der Waals surface area contributed by atoms with Gasteiger partial charge in [0.05, 0.1) is 13.2 Å². The van der Waals surface area contributed by atoms with E-state index in [-0.39, 0.29) is 32.0 Å². The van der Waals surface area contributed by atoms with Gasteiger partial charge in [-0.1, -0.05) is 198 Å². The average molecular weight is 910 g/mol. The van der Waals surface area contributed by atoms with Crippen LogP contribution in [0.4, 0.5) is 0 Å². The number of phosphoric acid groups is 1. The van der Waals surface area contributed by atoms with E-state index in [4.69, 9.17) is 18.5 Å². The Labute approximate surface area is 389 Å². The summed E-state index contributed by atoms with van der Waals surface area (Å²) in [5.41, 5.74) is 0. The maximum absolute atomic E-state index is 12.7. The molecule has 0 aromatic carbocycles. The van der Waals surface area contributed by atoms with Crippen molar-refractivity contribution in [3.05, 3.63) is 36.5 Å². The number of hydrogen-bond donors (Lipinski definition) is 1. The molecule has 2 unspecified atom stereocenters. The summed E-state index contributed by atoms with van der Waals surface area (Å²) in [6.07, 6.45) is 54.8. The van der Waals surface area contributed by atoms with Crippen LogP contribution < -0.4 is 0 Å². The van der Waals surface area contributed by atoms with Crippen LogP contribution in [0.15, 0.2) is 36.5 Å². The highest BCUT2D eigenvalue weighted by Crippen LogP contribution is 2.43. The molecule has 0 amide bonds. The summed E-state index contributed by atoms with van der Waals surface area (Å²) in [5.74, 6) is -0.799.